The summed E-state index contributed by atoms with van der Waals surface area (Å²) in [7, 11) is 0. The van der Waals surface area contributed by atoms with E-state index in [-0.39, 0.29) is 0 Å². The van der Waals surface area contributed by atoms with Crippen LogP contribution in [0.25, 0.3) is 0 Å². The Hall–Kier alpha value is -0.120. The van der Waals surface area contributed by atoms with E-state index in [2.05, 4.69) is 5.32 Å². The van der Waals surface area contributed by atoms with Crippen molar-refractivity contribution in [2.24, 2.45) is 0 Å². The molecule has 0 radical (unpaired) electrons. The molecule has 3 N–H and O–H groups in total. The van der Waals surface area contributed by atoms with Gasteiger partial charge >= 0.3 is 0 Å². The highest BCUT2D eigenvalue weighted by Gasteiger charge is 2.23. The van der Waals surface area contributed by atoms with Gasteiger partial charge in [-0.3, -0.25) is 0 Å². The molecule has 1 aliphatic rings. The molecule has 0 aromatic carbocycles. The molecular weight excluding hydrogens is 118 g/mol. The molecule has 3 heteroatoms. The molecule has 1 heterocycles. The zero-order valence-electron chi connectivity index (χ0n) is 5.54. The third kappa shape index (κ3) is 1.64. The van der Waals surface area contributed by atoms with Crippen LogP contribution in [0.5, 0.6) is 0 Å². The Morgan fingerprint density at radius 3 is 2.44 bits per heavy atom. The van der Waals surface area contributed by atoms with Crippen molar-refractivity contribution < 1.29 is 10.2 Å². The second-order valence-corrected chi connectivity index (χ2v) is 2.68. The molecule has 54 valence electrons. The molecule has 3 atom stereocenters. The standard InChI is InChI=1S/C6H13NO2/c1-4-2-5(8)6(9)3-7-4/h4-9H,2-3H2,1H3. The molecule has 3 unspecified atom stereocenters. The van der Waals surface area contributed by atoms with E-state index < -0.39 is 12.2 Å². The summed E-state index contributed by atoms with van der Waals surface area (Å²) in [5.41, 5.74) is 0. The summed E-state index contributed by atoms with van der Waals surface area (Å²) >= 11 is 0. The zero-order chi connectivity index (χ0) is 6.85. The van der Waals surface area contributed by atoms with Crippen molar-refractivity contribution in [3.63, 3.8) is 0 Å². The van der Waals surface area contributed by atoms with E-state index in [4.69, 9.17) is 10.2 Å². The topological polar surface area (TPSA) is 52.5 Å². The first kappa shape index (κ1) is 6.99. The molecule has 1 aliphatic heterocycles. The molecule has 0 aliphatic carbocycles. The Kier molecular flexibility index (Phi) is 2.05. The van der Waals surface area contributed by atoms with Crippen molar-refractivity contribution in [3.8, 4) is 0 Å². The van der Waals surface area contributed by atoms with Crippen LogP contribution < -0.4 is 5.32 Å². The predicted octanol–water partition coefficient (Wildman–Crippen LogP) is -0.910. The maximum Gasteiger partial charge on any atom is 0.0923 e. The molecule has 1 rings (SSSR count). The van der Waals surface area contributed by atoms with Crippen LogP contribution in [-0.4, -0.2) is 35.0 Å². The van der Waals surface area contributed by atoms with Gasteiger partial charge in [0.1, 0.15) is 0 Å². The van der Waals surface area contributed by atoms with E-state index in [0.717, 1.165) is 0 Å². The van der Waals surface area contributed by atoms with Crippen LogP contribution in [0, 0.1) is 0 Å². The van der Waals surface area contributed by atoms with Gasteiger partial charge in [0.05, 0.1) is 12.2 Å². The number of piperidine rings is 1. The van der Waals surface area contributed by atoms with Gasteiger partial charge in [0.2, 0.25) is 0 Å². The smallest absolute Gasteiger partial charge is 0.0923 e. The van der Waals surface area contributed by atoms with Crippen LogP contribution in [0.2, 0.25) is 0 Å². The lowest BCUT2D eigenvalue weighted by atomic mass is 10.0. The molecule has 0 bridgehead atoms. The number of aliphatic hydroxyl groups is 2. The van der Waals surface area contributed by atoms with Gasteiger partial charge in [-0.15, -0.1) is 0 Å². The second-order valence-electron chi connectivity index (χ2n) is 2.68. The maximum absolute atomic E-state index is 9.06. The normalized spacial score (nSPS) is 45.0. The lowest BCUT2D eigenvalue weighted by molar-refractivity contribution is -0.00990. The molecule has 1 fully saturated rings. The minimum atomic E-state index is -0.568. The fraction of sp³-hybridized carbons (Fsp3) is 1.00. The van der Waals surface area contributed by atoms with Crippen LogP contribution in [0.4, 0.5) is 0 Å². The molecule has 0 amide bonds. The van der Waals surface area contributed by atoms with Crippen LogP contribution in [0.15, 0.2) is 0 Å². The van der Waals surface area contributed by atoms with Gasteiger partial charge in [-0.05, 0) is 13.3 Å². The second kappa shape index (κ2) is 2.64. The minimum Gasteiger partial charge on any atom is -0.390 e. The van der Waals surface area contributed by atoms with Gasteiger partial charge in [-0.2, -0.15) is 0 Å². The molecule has 0 aromatic heterocycles. The third-order valence-corrected chi connectivity index (χ3v) is 1.71. The van der Waals surface area contributed by atoms with Crippen LogP contribution in [0.1, 0.15) is 13.3 Å². The summed E-state index contributed by atoms with van der Waals surface area (Å²) in [5, 5.41) is 21.1. The average Bonchev–Trinajstić information content (AvgIpc) is 1.80. The van der Waals surface area contributed by atoms with Crippen molar-refractivity contribution >= 4 is 0 Å². The molecule has 0 saturated carbocycles. The van der Waals surface area contributed by atoms with Crippen LogP contribution >= 0.6 is 0 Å². The fourth-order valence-electron chi connectivity index (χ4n) is 1.06. The molecule has 0 spiro atoms. The Labute approximate surface area is 54.7 Å². The number of β-amino-alcohol motifs (C(OH)–C–C–N with tert-alkyl or cyclic N) is 1. The molecule has 1 saturated heterocycles. The zero-order valence-corrected chi connectivity index (χ0v) is 5.54. The van der Waals surface area contributed by atoms with E-state index >= 15 is 0 Å². The van der Waals surface area contributed by atoms with Gasteiger partial charge in [-0.25, -0.2) is 0 Å². The Bertz CT molecular complexity index is 97.1. The lowest BCUT2D eigenvalue weighted by Gasteiger charge is -2.28. The number of rotatable bonds is 0. The monoisotopic (exact) mass is 131 g/mol. The van der Waals surface area contributed by atoms with Crippen molar-refractivity contribution in [2.75, 3.05) is 6.54 Å². The highest BCUT2D eigenvalue weighted by molar-refractivity contribution is 4.81. The van der Waals surface area contributed by atoms with Crippen molar-refractivity contribution in [1.82, 2.24) is 5.32 Å². The predicted molar refractivity (Wildman–Crippen MR) is 34.1 cm³/mol. The maximum atomic E-state index is 9.06. The largest absolute Gasteiger partial charge is 0.390 e. The molecular formula is C6H13NO2. The first-order valence-electron chi connectivity index (χ1n) is 3.29. The number of aliphatic hydroxyl groups excluding tert-OH is 2. The average molecular weight is 131 g/mol. The summed E-state index contributed by atoms with van der Waals surface area (Å²) < 4.78 is 0. The van der Waals surface area contributed by atoms with Gasteiger partial charge in [0, 0.05) is 12.6 Å². The van der Waals surface area contributed by atoms with E-state index in [9.17, 15) is 0 Å². The summed E-state index contributed by atoms with van der Waals surface area (Å²) in [5.74, 6) is 0. The van der Waals surface area contributed by atoms with Crippen LogP contribution in [-0.2, 0) is 0 Å². The van der Waals surface area contributed by atoms with E-state index in [1.165, 1.54) is 0 Å². The fourth-order valence-corrected chi connectivity index (χ4v) is 1.06. The minimum absolute atomic E-state index is 0.336. The quantitative estimate of drug-likeness (QED) is 0.399. The Morgan fingerprint density at radius 2 is 2.00 bits per heavy atom. The number of hydrogen-bond acceptors (Lipinski definition) is 3. The molecule has 3 nitrogen and oxygen atoms in total. The third-order valence-electron chi connectivity index (χ3n) is 1.71. The van der Waals surface area contributed by atoms with E-state index in [1.54, 1.807) is 0 Å². The van der Waals surface area contributed by atoms with Gasteiger partial charge in [-0.1, -0.05) is 0 Å². The highest BCUT2D eigenvalue weighted by Crippen LogP contribution is 2.07. The van der Waals surface area contributed by atoms with Crippen molar-refractivity contribution in [2.45, 2.75) is 31.6 Å². The first-order chi connectivity index (χ1) is 4.20. The Balaban J connectivity index is 2.35. The van der Waals surface area contributed by atoms with E-state index in [0.29, 0.717) is 19.0 Å². The molecule has 0 aromatic rings. The summed E-state index contributed by atoms with van der Waals surface area (Å²) in [6.07, 6.45) is -0.441. The molecule has 9 heavy (non-hydrogen) atoms. The number of hydrogen-bond donors (Lipinski definition) is 3. The van der Waals surface area contributed by atoms with Crippen molar-refractivity contribution in [3.05, 3.63) is 0 Å². The van der Waals surface area contributed by atoms with Crippen molar-refractivity contribution in [1.29, 1.82) is 0 Å². The summed E-state index contributed by atoms with van der Waals surface area (Å²) in [6, 6.07) is 0.336. The first-order valence-corrected chi connectivity index (χ1v) is 3.29. The van der Waals surface area contributed by atoms with Gasteiger partial charge in [0.25, 0.3) is 0 Å². The van der Waals surface area contributed by atoms with Gasteiger partial charge < -0.3 is 15.5 Å². The Morgan fingerprint density at radius 1 is 1.33 bits per heavy atom. The van der Waals surface area contributed by atoms with Gasteiger partial charge in [0.15, 0.2) is 0 Å². The highest BCUT2D eigenvalue weighted by atomic mass is 16.3. The SMILES string of the molecule is CC1CC(O)C(O)CN1. The van der Waals surface area contributed by atoms with Crippen LogP contribution in [0.3, 0.4) is 0 Å². The van der Waals surface area contributed by atoms with E-state index in [1.807, 2.05) is 6.92 Å². The summed E-state index contributed by atoms with van der Waals surface area (Å²) in [4.78, 5) is 0. The summed E-state index contributed by atoms with van der Waals surface area (Å²) in [6.45, 7) is 2.51. The lowest BCUT2D eigenvalue weighted by Crippen LogP contribution is -2.48. The number of nitrogens with one attached hydrogen (secondary N) is 1.